The first-order valence-corrected chi connectivity index (χ1v) is 7.40. The van der Waals surface area contributed by atoms with Crippen LogP contribution in [-0.2, 0) is 0 Å². The minimum atomic E-state index is 0.579. The molecule has 0 atom stereocenters. The highest BCUT2D eigenvalue weighted by molar-refractivity contribution is 7.17. The summed E-state index contributed by atoms with van der Waals surface area (Å²) in [5.41, 5.74) is 9.17. The normalized spacial score (nSPS) is 10.9. The minimum Gasteiger partial charge on any atom is -0.368 e. The molecule has 102 valence electrons. The number of aromatic nitrogens is 2. The molecule has 20 heavy (non-hydrogen) atoms. The first-order chi connectivity index (χ1) is 9.79. The second-order valence-electron chi connectivity index (χ2n) is 4.63. The van der Waals surface area contributed by atoms with Crippen LogP contribution in [0.1, 0.15) is 5.56 Å². The van der Waals surface area contributed by atoms with Crippen LogP contribution in [-0.4, -0.2) is 23.1 Å². The highest BCUT2D eigenvalue weighted by Crippen LogP contribution is 2.36. The molecule has 0 fully saturated rings. The summed E-state index contributed by atoms with van der Waals surface area (Å²) in [6.45, 7) is 3.37. The minimum absolute atomic E-state index is 0.579. The van der Waals surface area contributed by atoms with Gasteiger partial charge in [0.05, 0.1) is 5.39 Å². The van der Waals surface area contributed by atoms with E-state index in [2.05, 4.69) is 51.9 Å². The summed E-state index contributed by atoms with van der Waals surface area (Å²) in [7, 11) is 0. The second-order valence-corrected chi connectivity index (χ2v) is 5.49. The van der Waals surface area contributed by atoms with Gasteiger partial charge in [-0.3, -0.25) is 0 Å². The zero-order valence-electron chi connectivity index (χ0n) is 11.3. The summed E-state index contributed by atoms with van der Waals surface area (Å²) in [5.74, 6) is 0.859. The van der Waals surface area contributed by atoms with Crippen LogP contribution >= 0.6 is 11.3 Å². The number of nitrogens with two attached hydrogens (primary N) is 1. The van der Waals surface area contributed by atoms with Crippen molar-refractivity contribution >= 4 is 27.4 Å². The highest BCUT2D eigenvalue weighted by atomic mass is 32.1. The lowest BCUT2D eigenvalue weighted by Gasteiger charge is -2.07. The molecule has 0 radical (unpaired) electrons. The van der Waals surface area contributed by atoms with Gasteiger partial charge in [0.15, 0.2) is 0 Å². The van der Waals surface area contributed by atoms with Crippen LogP contribution in [0.3, 0.4) is 0 Å². The molecule has 0 aliphatic carbocycles. The van der Waals surface area contributed by atoms with E-state index >= 15 is 0 Å². The van der Waals surface area contributed by atoms with Gasteiger partial charge in [0.2, 0.25) is 0 Å². The molecule has 0 bridgehead atoms. The number of benzene rings is 1. The quantitative estimate of drug-likeness (QED) is 0.773. The molecule has 0 unspecified atom stereocenters. The van der Waals surface area contributed by atoms with Crippen molar-refractivity contribution in [3.8, 4) is 11.1 Å². The molecule has 3 N–H and O–H groups in total. The number of rotatable bonds is 4. The van der Waals surface area contributed by atoms with Crippen LogP contribution in [0.2, 0.25) is 0 Å². The zero-order valence-corrected chi connectivity index (χ0v) is 12.1. The average Bonchev–Trinajstić information content (AvgIpc) is 2.90. The maximum absolute atomic E-state index is 5.56. The SMILES string of the molecule is Cc1ccc(-c2csc3ncnc(NCCN)c23)cc1. The summed E-state index contributed by atoms with van der Waals surface area (Å²) in [4.78, 5) is 9.69. The van der Waals surface area contributed by atoms with E-state index < -0.39 is 0 Å². The van der Waals surface area contributed by atoms with E-state index in [4.69, 9.17) is 5.73 Å². The molecule has 0 saturated carbocycles. The Labute approximate surface area is 121 Å². The predicted octanol–water partition coefficient (Wildman–Crippen LogP) is 3.04. The van der Waals surface area contributed by atoms with Gasteiger partial charge in [-0.05, 0) is 12.5 Å². The van der Waals surface area contributed by atoms with E-state index in [1.807, 2.05) is 0 Å². The zero-order chi connectivity index (χ0) is 13.9. The molecule has 4 nitrogen and oxygen atoms in total. The third-order valence-electron chi connectivity index (χ3n) is 3.17. The maximum Gasteiger partial charge on any atom is 0.138 e. The molecule has 0 aliphatic rings. The molecule has 0 spiro atoms. The Morgan fingerprint density at radius 1 is 1.20 bits per heavy atom. The van der Waals surface area contributed by atoms with E-state index in [1.165, 1.54) is 16.7 Å². The van der Waals surface area contributed by atoms with E-state index in [-0.39, 0.29) is 0 Å². The summed E-state index contributed by atoms with van der Waals surface area (Å²) in [6, 6.07) is 8.51. The van der Waals surface area contributed by atoms with Crippen LogP contribution in [0.15, 0.2) is 36.0 Å². The van der Waals surface area contributed by atoms with Crippen LogP contribution in [0.4, 0.5) is 5.82 Å². The molecule has 3 aromatic rings. The van der Waals surface area contributed by atoms with Gasteiger partial charge in [-0.1, -0.05) is 29.8 Å². The third-order valence-corrected chi connectivity index (χ3v) is 4.06. The number of hydrogen-bond donors (Lipinski definition) is 2. The van der Waals surface area contributed by atoms with Crippen molar-refractivity contribution < 1.29 is 0 Å². The monoisotopic (exact) mass is 284 g/mol. The largest absolute Gasteiger partial charge is 0.368 e. The second kappa shape index (κ2) is 5.56. The molecular weight excluding hydrogens is 268 g/mol. The Bertz CT molecular complexity index is 718. The fraction of sp³-hybridized carbons (Fsp3) is 0.200. The van der Waals surface area contributed by atoms with Gasteiger partial charge in [0.1, 0.15) is 17.0 Å². The molecule has 1 aromatic carbocycles. The number of nitrogens with zero attached hydrogens (tertiary/aromatic N) is 2. The van der Waals surface area contributed by atoms with Crippen molar-refractivity contribution in [1.29, 1.82) is 0 Å². The third kappa shape index (κ3) is 2.37. The fourth-order valence-corrected chi connectivity index (χ4v) is 3.06. The van der Waals surface area contributed by atoms with Gasteiger partial charge in [-0.25, -0.2) is 9.97 Å². The van der Waals surface area contributed by atoms with Crippen molar-refractivity contribution in [1.82, 2.24) is 9.97 Å². The Kier molecular flexibility index (Phi) is 3.62. The number of anilines is 1. The Hall–Kier alpha value is -1.98. The first kappa shape index (κ1) is 13.0. The molecule has 0 saturated heterocycles. The summed E-state index contributed by atoms with van der Waals surface area (Å²) in [5, 5.41) is 6.49. The van der Waals surface area contributed by atoms with Crippen LogP contribution in [0.25, 0.3) is 21.3 Å². The van der Waals surface area contributed by atoms with E-state index in [0.717, 1.165) is 16.0 Å². The molecular formula is C15H16N4S. The molecule has 2 aromatic heterocycles. The van der Waals surface area contributed by atoms with Crippen molar-refractivity contribution in [2.45, 2.75) is 6.92 Å². The molecule has 5 heteroatoms. The van der Waals surface area contributed by atoms with Crippen molar-refractivity contribution in [2.75, 3.05) is 18.4 Å². The summed E-state index contributed by atoms with van der Waals surface area (Å²) < 4.78 is 0. The lowest BCUT2D eigenvalue weighted by atomic mass is 10.0. The first-order valence-electron chi connectivity index (χ1n) is 6.53. The van der Waals surface area contributed by atoms with E-state index in [0.29, 0.717) is 13.1 Å². The smallest absolute Gasteiger partial charge is 0.138 e. The lowest BCUT2D eigenvalue weighted by Crippen LogP contribution is -2.14. The van der Waals surface area contributed by atoms with E-state index in [9.17, 15) is 0 Å². The average molecular weight is 284 g/mol. The molecule has 0 aliphatic heterocycles. The van der Waals surface area contributed by atoms with Crippen LogP contribution < -0.4 is 11.1 Å². The fourth-order valence-electron chi connectivity index (χ4n) is 2.15. The molecule has 2 heterocycles. The van der Waals surface area contributed by atoms with Crippen LogP contribution in [0.5, 0.6) is 0 Å². The maximum atomic E-state index is 5.56. The number of fused-ring (bicyclic) bond motifs is 1. The van der Waals surface area contributed by atoms with Crippen molar-refractivity contribution in [2.24, 2.45) is 5.73 Å². The van der Waals surface area contributed by atoms with Crippen LogP contribution in [0, 0.1) is 6.92 Å². The number of aryl methyl sites for hydroxylation is 1. The van der Waals surface area contributed by atoms with Gasteiger partial charge in [0, 0.05) is 24.0 Å². The lowest BCUT2D eigenvalue weighted by molar-refractivity contribution is 1.01. The number of hydrogen-bond acceptors (Lipinski definition) is 5. The molecule has 0 amide bonds. The van der Waals surface area contributed by atoms with Gasteiger partial charge < -0.3 is 11.1 Å². The van der Waals surface area contributed by atoms with Gasteiger partial charge in [-0.2, -0.15) is 0 Å². The Morgan fingerprint density at radius 3 is 2.75 bits per heavy atom. The topological polar surface area (TPSA) is 63.8 Å². The van der Waals surface area contributed by atoms with Gasteiger partial charge in [-0.15, -0.1) is 11.3 Å². The Balaban J connectivity index is 2.13. The van der Waals surface area contributed by atoms with E-state index in [1.54, 1.807) is 17.7 Å². The van der Waals surface area contributed by atoms with Crippen molar-refractivity contribution in [3.63, 3.8) is 0 Å². The molecule has 3 rings (SSSR count). The standard InChI is InChI=1S/C15H16N4S/c1-10-2-4-11(5-3-10)12-8-20-15-13(12)14(17-7-6-16)18-9-19-15/h2-5,8-9H,6-7,16H2,1H3,(H,17,18,19). The highest BCUT2D eigenvalue weighted by Gasteiger charge is 2.12. The summed E-state index contributed by atoms with van der Waals surface area (Å²) in [6.07, 6.45) is 1.59. The Morgan fingerprint density at radius 2 is 2.00 bits per heavy atom. The van der Waals surface area contributed by atoms with Crippen molar-refractivity contribution in [3.05, 3.63) is 41.5 Å². The number of nitrogens with one attached hydrogen (secondary N) is 1. The predicted molar refractivity (Wildman–Crippen MR) is 85.1 cm³/mol. The number of thiophene rings is 1. The van der Waals surface area contributed by atoms with Gasteiger partial charge >= 0.3 is 0 Å². The summed E-state index contributed by atoms with van der Waals surface area (Å²) >= 11 is 1.64. The van der Waals surface area contributed by atoms with Gasteiger partial charge in [0.25, 0.3) is 0 Å².